The van der Waals surface area contributed by atoms with Gasteiger partial charge in [-0.05, 0) is 0 Å². The van der Waals surface area contributed by atoms with E-state index in [1.807, 2.05) is 4.90 Å². The zero-order valence-electron chi connectivity index (χ0n) is 7.18. The van der Waals surface area contributed by atoms with E-state index in [1.165, 1.54) is 0 Å². The SMILES string of the molecule is N#C[C@@H](CN1CCOCC1)[N+](=O)[O-]. The average Bonchev–Trinajstić information content (AvgIpc) is 2.15. The normalized spacial score (nSPS) is 20.5. The molecule has 1 saturated heterocycles. The Hall–Kier alpha value is -1.19. The summed E-state index contributed by atoms with van der Waals surface area (Å²) in [5.74, 6) is 0. The lowest BCUT2D eigenvalue weighted by atomic mass is 10.3. The predicted molar refractivity (Wildman–Crippen MR) is 43.7 cm³/mol. The Morgan fingerprint density at radius 3 is 2.69 bits per heavy atom. The van der Waals surface area contributed by atoms with E-state index in [9.17, 15) is 10.1 Å². The van der Waals surface area contributed by atoms with Crippen LogP contribution in [0.15, 0.2) is 0 Å². The highest BCUT2D eigenvalue weighted by atomic mass is 16.6. The van der Waals surface area contributed by atoms with E-state index in [2.05, 4.69) is 0 Å². The molecule has 1 rings (SSSR count). The molecule has 0 spiro atoms. The molecule has 0 saturated carbocycles. The Morgan fingerprint density at radius 2 is 2.23 bits per heavy atom. The number of nitrogens with zero attached hydrogens (tertiary/aromatic N) is 3. The lowest BCUT2D eigenvalue weighted by Crippen LogP contribution is -2.42. The van der Waals surface area contributed by atoms with Gasteiger partial charge in [-0.1, -0.05) is 0 Å². The van der Waals surface area contributed by atoms with Crippen LogP contribution in [-0.2, 0) is 4.74 Å². The van der Waals surface area contributed by atoms with E-state index in [0.717, 1.165) is 0 Å². The van der Waals surface area contributed by atoms with Gasteiger partial charge < -0.3 is 4.74 Å². The molecule has 0 aromatic carbocycles. The number of hydrogen-bond acceptors (Lipinski definition) is 5. The summed E-state index contributed by atoms with van der Waals surface area (Å²) in [5.41, 5.74) is 0. The molecule has 0 aromatic heterocycles. The van der Waals surface area contributed by atoms with Crippen molar-refractivity contribution >= 4 is 0 Å². The molecule has 1 aliphatic rings. The van der Waals surface area contributed by atoms with Gasteiger partial charge in [0.15, 0.2) is 0 Å². The molecule has 0 radical (unpaired) electrons. The molecule has 1 fully saturated rings. The van der Waals surface area contributed by atoms with Crippen LogP contribution in [0.5, 0.6) is 0 Å². The summed E-state index contributed by atoms with van der Waals surface area (Å²) < 4.78 is 5.08. The second kappa shape index (κ2) is 4.74. The molecule has 0 amide bonds. The number of nitro groups is 1. The van der Waals surface area contributed by atoms with Gasteiger partial charge in [-0.2, -0.15) is 5.26 Å². The Labute approximate surface area is 75.8 Å². The minimum absolute atomic E-state index is 0.201. The Bertz CT molecular complexity index is 220. The van der Waals surface area contributed by atoms with E-state index < -0.39 is 11.0 Å². The molecule has 6 heteroatoms. The zero-order chi connectivity index (χ0) is 9.68. The first-order chi connectivity index (χ1) is 6.24. The molecule has 1 heterocycles. The molecule has 0 bridgehead atoms. The summed E-state index contributed by atoms with van der Waals surface area (Å²) in [6.07, 6.45) is 0. The van der Waals surface area contributed by atoms with Gasteiger partial charge in [0, 0.05) is 18.0 Å². The summed E-state index contributed by atoms with van der Waals surface area (Å²) in [5, 5.41) is 18.8. The van der Waals surface area contributed by atoms with E-state index in [1.54, 1.807) is 6.07 Å². The van der Waals surface area contributed by atoms with Gasteiger partial charge in [-0.25, -0.2) is 0 Å². The molecule has 6 nitrogen and oxygen atoms in total. The molecule has 0 N–H and O–H groups in total. The van der Waals surface area contributed by atoms with Crippen molar-refractivity contribution in [2.75, 3.05) is 32.8 Å². The first-order valence-corrected chi connectivity index (χ1v) is 4.07. The predicted octanol–water partition coefficient (Wildman–Crippen LogP) is -0.513. The first-order valence-electron chi connectivity index (χ1n) is 4.07. The fraction of sp³-hybridized carbons (Fsp3) is 0.857. The third kappa shape index (κ3) is 2.97. The van der Waals surface area contributed by atoms with E-state index in [-0.39, 0.29) is 6.54 Å². The zero-order valence-corrected chi connectivity index (χ0v) is 7.18. The highest BCUT2D eigenvalue weighted by Crippen LogP contribution is 1.99. The van der Waals surface area contributed by atoms with Gasteiger partial charge >= 0.3 is 6.04 Å². The second-order valence-electron chi connectivity index (χ2n) is 2.84. The van der Waals surface area contributed by atoms with Crippen molar-refractivity contribution in [2.24, 2.45) is 0 Å². The summed E-state index contributed by atoms with van der Waals surface area (Å²) >= 11 is 0. The second-order valence-corrected chi connectivity index (χ2v) is 2.84. The van der Waals surface area contributed by atoms with Crippen molar-refractivity contribution in [3.05, 3.63) is 10.1 Å². The van der Waals surface area contributed by atoms with Crippen molar-refractivity contribution in [1.29, 1.82) is 5.26 Å². The summed E-state index contributed by atoms with van der Waals surface area (Å²) in [6, 6.07) is 0.554. The van der Waals surface area contributed by atoms with Crippen LogP contribution in [-0.4, -0.2) is 48.7 Å². The van der Waals surface area contributed by atoms with Crippen LogP contribution in [0.4, 0.5) is 0 Å². The third-order valence-electron chi connectivity index (χ3n) is 1.94. The number of hydrogen-bond donors (Lipinski definition) is 0. The van der Waals surface area contributed by atoms with Crippen LogP contribution in [0.2, 0.25) is 0 Å². The summed E-state index contributed by atoms with van der Waals surface area (Å²) in [4.78, 5) is 11.7. The molecule has 0 aliphatic carbocycles. The fourth-order valence-corrected chi connectivity index (χ4v) is 1.18. The number of ether oxygens (including phenoxy) is 1. The van der Waals surface area contributed by atoms with Crippen molar-refractivity contribution in [3.8, 4) is 6.07 Å². The van der Waals surface area contributed by atoms with E-state index in [0.29, 0.717) is 26.3 Å². The Morgan fingerprint density at radius 1 is 1.62 bits per heavy atom. The number of rotatable bonds is 3. The molecule has 1 aliphatic heterocycles. The lowest BCUT2D eigenvalue weighted by molar-refractivity contribution is -0.507. The minimum atomic E-state index is -1.11. The molecule has 13 heavy (non-hydrogen) atoms. The molecule has 1 atom stereocenters. The smallest absolute Gasteiger partial charge is 0.309 e. The van der Waals surface area contributed by atoms with Crippen LogP contribution in [0.3, 0.4) is 0 Å². The maximum Gasteiger partial charge on any atom is 0.309 e. The standard InChI is InChI=1S/C7H11N3O3/c8-5-7(10(11)12)6-9-1-3-13-4-2-9/h7H,1-4,6H2/t7-/m0/s1. The van der Waals surface area contributed by atoms with Gasteiger partial charge in [-0.15, -0.1) is 0 Å². The Balaban J connectivity index is 2.37. The van der Waals surface area contributed by atoms with E-state index in [4.69, 9.17) is 10.00 Å². The fourth-order valence-electron chi connectivity index (χ4n) is 1.18. The van der Waals surface area contributed by atoms with Crippen LogP contribution in [0.25, 0.3) is 0 Å². The monoisotopic (exact) mass is 185 g/mol. The van der Waals surface area contributed by atoms with Gasteiger partial charge in [0.1, 0.15) is 6.07 Å². The topological polar surface area (TPSA) is 79.4 Å². The maximum atomic E-state index is 10.3. The largest absolute Gasteiger partial charge is 0.379 e. The van der Waals surface area contributed by atoms with E-state index >= 15 is 0 Å². The van der Waals surface area contributed by atoms with Crippen LogP contribution < -0.4 is 0 Å². The van der Waals surface area contributed by atoms with Crippen molar-refractivity contribution < 1.29 is 9.66 Å². The summed E-state index contributed by atoms with van der Waals surface area (Å²) in [6.45, 7) is 2.73. The molecular weight excluding hydrogens is 174 g/mol. The van der Waals surface area contributed by atoms with Crippen molar-refractivity contribution in [1.82, 2.24) is 4.90 Å². The van der Waals surface area contributed by atoms with Crippen LogP contribution in [0.1, 0.15) is 0 Å². The first kappa shape index (κ1) is 9.89. The van der Waals surface area contributed by atoms with Crippen molar-refractivity contribution in [2.45, 2.75) is 6.04 Å². The number of morpholine rings is 1. The Kier molecular flexibility index (Phi) is 3.61. The molecule has 0 aromatic rings. The van der Waals surface area contributed by atoms with Gasteiger partial charge in [0.05, 0.1) is 19.8 Å². The lowest BCUT2D eigenvalue weighted by Gasteiger charge is -2.25. The average molecular weight is 185 g/mol. The van der Waals surface area contributed by atoms with Gasteiger partial charge in [-0.3, -0.25) is 15.0 Å². The highest BCUT2D eigenvalue weighted by Gasteiger charge is 2.23. The molecule has 72 valence electrons. The van der Waals surface area contributed by atoms with Gasteiger partial charge in [0.25, 0.3) is 0 Å². The maximum absolute atomic E-state index is 10.3. The molecular formula is C7H11N3O3. The van der Waals surface area contributed by atoms with Gasteiger partial charge in [0.2, 0.25) is 0 Å². The molecule has 0 unspecified atom stereocenters. The van der Waals surface area contributed by atoms with Crippen LogP contribution >= 0.6 is 0 Å². The van der Waals surface area contributed by atoms with Crippen LogP contribution in [0, 0.1) is 21.4 Å². The minimum Gasteiger partial charge on any atom is -0.379 e. The number of nitriles is 1. The highest BCUT2D eigenvalue weighted by molar-refractivity contribution is 4.86. The summed E-state index contributed by atoms with van der Waals surface area (Å²) in [7, 11) is 0. The van der Waals surface area contributed by atoms with Crippen molar-refractivity contribution in [3.63, 3.8) is 0 Å². The third-order valence-corrected chi connectivity index (χ3v) is 1.94. The quantitative estimate of drug-likeness (QED) is 0.437.